The highest BCUT2D eigenvalue weighted by Gasteiger charge is 2.31. The number of alkyl halides is 3. The topological polar surface area (TPSA) is 140 Å². The van der Waals surface area contributed by atoms with E-state index in [1.54, 1.807) is 18.2 Å². The Morgan fingerprint density at radius 1 is 0.818 bits per heavy atom. The number of halogens is 4. The van der Waals surface area contributed by atoms with Gasteiger partial charge in [0.2, 0.25) is 11.0 Å². The molecule has 1 heterocycles. The second-order valence-corrected chi connectivity index (χ2v) is 7.41. The summed E-state index contributed by atoms with van der Waals surface area (Å²) in [5.74, 6) is 0.579. The lowest BCUT2D eigenvalue weighted by atomic mass is 10.1. The van der Waals surface area contributed by atoms with Crippen molar-refractivity contribution in [1.29, 1.82) is 0 Å². The molecule has 0 radical (unpaired) electrons. The van der Waals surface area contributed by atoms with Gasteiger partial charge in [-0.05, 0) is 24.3 Å². The lowest BCUT2D eigenvalue weighted by Crippen LogP contribution is -2.70. The van der Waals surface area contributed by atoms with Gasteiger partial charge in [-0.25, -0.2) is 23.6 Å². The minimum atomic E-state index is -4.94. The van der Waals surface area contributed by atoms with Gasteiger partial charge in [0.1, 0.15) is 17.1 Å². The maximum atomic E-state index is 13.0. The minimum absolute atomic E-state index is 0.0299. The van der Waals surface area contributed by atoms with E-state index in [1.807, 2.05) is 30.3 Å². The van der Waals surface area contributed by atoms with Crippen LogP contribution in [-0.2, 0) is 6.18 Å². The summed E-state index contributed by atoms with van der Waals surface area (Å²) in [5, 5.41) is 10.9. The van der Waals surface area contributed by atoms with Crippen molar-refractivity contribution in [3.63, 3.8) is 0 Å². The van der Waals surface area contributed by atoms with Gasteiger partial charge in [-0.1, -0.05) is 36.4 Å². The highest BCUT2D eigenvalue weighted by molar-refractivity contribution is 5.79. The molecule has 0 aliphatic carbocycles. The fourth-order valence-electron chi connectivity index (χ4n) is 2.95. The van der Waals surface area contributed by atoms with Gasteiger partial charge in [0.05, 0.1) is 17.0 Å². The smallest absolute Gasteiger partial charge is 0.416 e. The summed E-state index contributed by atoms with van der Waals surface area (Å²) in [5.41, 5.74) is 0.858. The van der Waals surface area contributed by atoms with Crippen molar-refractivity contribution in [3.05, 3.63) is 89.8 Å². The largest absolute Gasteiger partial charge is 0.508 e. The summed E-state index contributed by atoms with van der Waals surface area (Å²) in [4.78, 5) is 3.03. The number of hydrogen-bond acceptors (Lipinski definition) is 6. The summed E-state index contributed by atoms with van der Waals surface area (Å²) >= 11 is 0. The predicted octanol–water partition coefficient (Wildman–Crippen LogP) is -0.619. The molecule has 172 valence electrons. The lowest BCUT2D eigenvalue weighted by Gasteiger charge is -2.17. The molecule has 4 aromatic rings. The quantitative estimate of drug-likeness (QED) is 0.391. The van der Waals surface area contributed by atoms with E-state index in [0.717, 1.165) is 17.7 Å². The Hall–Kier alpha value is -3.41. The fraction of sp³-hybridized carbons (Fsp3) is 0.0455. The first-order valence-electron chi connectivity index (χ1n) is 9.11. The van der Waals surface area contributed by atoms with Crippen molar-refractivity contribution in [2.45, 2.75) is 6.18 Å². The molecule has 33 heavy (non-hydrogen) atoms. The van der Waals surface area contributed by atoms with Crippen LogP contribution in [0.5, 0.6) is 5.75 Å². The zero-order valence-electron chi connectivity index (χ0n) is 16.5. The number of fused-ring (bicyclic) bond motifs is 1. The van der Waals surface area contributed by atoms with E-state index in [0.29, 0.717) is 22.1 Å². The molecule has 1 aromatic heterocycles. The maximum Gasteiger partial charge on any atom is 0.416 e. The molecular weight excluding hydrogens is 467 g/mol. The third-order valence-corrected chi connectivity index (χ3v) is 4.28. The molecule has 0 atom stereocenters. The van der Waals surface area contributed by atoms with E-state index in [1.165, 1.54) is 18.2 Å². The van der Waals surface area contributed by atoms with Crippen molar-refractivity contribution < 1.29 is 56.6 Å². The number of phenolic OH excluding ortho intramolecular Hbond substituents is 1. The first-order valence-corrected chi connectivity index (χ1v) is 10.3. The van der Waals surface area contributed by atoms with E-state index in [4.69, 9.17) is 23.1 Å². The molecule has 0 unspecified atom stereocenters. The van der Waals surface area contributed by atoms with Crippen LogP contribution >= 0.6 is 0 Å². The summed E-state index contributed by atoms with van der Waals surface area (Å²) in [7, 11) is -4.94. The van der Waals surface area contributed by atoms with Gasteiger partial charge in [-0.2, -0.15) is 13.2 Å². The molecule has 4 rings (SSSR count). The number of phenols is 1. The molecule has 0 spiro atoms. The van der Waals surface area contributed by atoms with Gasteiger partial charge in [-0.15, -0.1) is 10.2 Å². The monoisotopic (exact) mass is 481 g/mol. The van der Waals surface area contributed by atoms with E-state index in [2.05, 4.69) is 4.99 Å². The van der Waals surface area contributed by atoms with Gasteiger partial charge in [0, 0.05) is 17.7 Å². The van der Waals surface area contributed by atoms with Gasteiger partial charge >= 0.3 is 6.18 Å². The van der Waals surface area contributed by atoms with E-state index in [-0.39, 0.29) is 11.4 Å². The van der Waals surface area contributed by atoms with Crippen LogP contribution in [0.1, 0.15) is 5.56 Å². The molecule has 0 fully saturated rings. The number of aromatic hydroxyl groups is 1. The molecule has 7 nitrogen and oxygen atoms in total. The Bertz CT molecular complexity index is 1310. The summed E-state index contributed by atoms with van der Waals surface area (Å²) in [6.45, 7) is 0. The fourth-order valence-corrected chi connectivity index (χ4v) is 2.95. The van der Waals surface area contributed by atoms with Crippen LogP contribution in [0.2, 0.25) is 0 Å². The predicted molar refractivity (Wildman–Crippen MR) is 98.5 cm³/mol. The number of hydrogen-bond donors (Lipinski definition) is 2. The van der Waals surface area contributed by atoms with Crippen molar-refractivity contribution in [1.82, 2.24) is 0 Å². The summed E-state index contributed by atoms with van der Waals surface area (Å²) in [6.07, 6.45) is -4.43. The summed E-state index contributed by atoms with van der Waals surface area (Å²) < 4.78 is 79.0. The third kappa shape index (κ3) is 7.04. The lowest BCUT2D eigenvalue weighted by molar-refractivity contribution is -2.00. The first kappa shape index (κ1) is 24.2. The zero-order chi connectivity index (χ0) is 24.2. The van der Waals surface area contributed by atoms with Gasteiger partial charge in [0.25, 0.3) is 0 Å². The van der Waals surface area contributed by atoms with E-state index in [9.17, 15) is 18.3 Å². The van der Waals surface area contributed by atoms with Gasteiger partial charge < -0.3 is 9.52 Å². The molecule has 11 heteroatoms. The average molecular weight is 482 g/mol. The molecule has 2 N–H and O–H groups in total. The van der Waals surface area contributed by atoms with Crippen LogP contribution in [0.25, 0.3) is 22.3 Å². The van der Waals surface area contributed by atoms with Crippen LogP contribution in [0.3, 0.4) is 0 Å². The molecule has 0 bridgehead atoms. The standard InChI is InChI=1S/C22H14F3NO2.ClHO4/c23-22(24,25)15-7-4-8-16(11-15)26-19-13-21(14-5-2-1-3-6-14)28-20-10-9-17(27)12-18(19)20;2-1(3,4)5/h1-13,27H;(H,2,3,4,5). The highest BCUT2D eigenvalue weighted by atomic mass is 35.7. The van der Waals surface area contributed by atoms with Crippen LogP contribution in [-0.4, -0.2) is 5.11 Å². The van der Waals surface area contributed by atoms with Crippen molar-refractivity contribution in [2.24, 2.45) is 0 Å². The average Bonchev–Trinajstić information content (AvgIpc) is 2.73. The van der Waals surface area contributed by atoms with Crippen LogP contribution in [0.15, 0.2) is 83.3 Å². The second-order valence-electron chi connectivity index (χ2n) is 6.65. The molecule has 0 saturated carbocycles. The van der Waals surface area contributed by atoms with Crippen molar-refractivity contribution in [3.8, 4) is 17.1 Å². The zero-order valence-corrected chi connectivity index (χ0v) is 17.3. The second kappa shape index (κ2) is 9.61. The van der Waals surface area contributed by atoms with Crippen LogP contribution in [0, 0.1) is 10.2 Å². The number of nitrogens with one attached hydrogen (secondary N) is 1. The third-order valence-electron chi connectivity index (χ3n) is 4.28. The molecule has 0 aliphatic rings. The van der Waals surface area contributed by atoms with E-state index < -0.39 is 22.0 Å². The Labute approximate surface area is 186 Å². The maximum absolute atomic E-state index is 13.0. The normalized spacial score (nSPS) is 12.4. The highest BCUT2D eigenvalue weighted by Crippen LogP contribution is 2.29. The molecule has 0 aliphatic heterocycles. The Morgan fingerprint density at radius 3 is 2.12 bits per heavy atom. The SMILES string of the molecule is Oc1ccc2oc(-c3ccccc3)cc(=[NH+]c3cccc(C(F)(F)F)c3)c2c1.[O-][Cl+3]([O-])([O-])[O-]. The molecule has 0 amide bonds. The Kier molecular flexibility index (Phi) is 7.06. The molecule has 0 saturated heterocycles. The van der Waals surface area contributed by atoms with Crippen LogP contribution in [0.4, 0.5) is 18.9 Å². The van der Waals surface area contributed by atoms with Gasteiger partial charge in [-0.3, -0.25) is 0 Å². The Balaban J connectivity index is 0.000000555. The molecule has 3 aromatic carbocycles. The Morgan fingerprint density at radius 2 is 1.48 bits per heavy atom. The van der Waals surface area contributed by atoms with Crippen molar-refractivity contribution in [2.75, 3.05) is 0 Å². The van der Waals surface area contributed by atoms with Gasteiger partial charge in [0.15, 0.2) is 0 Å². The number of rotatable bonds is 2. The summed E-state index contributed by atoms with van der Waals surface area (Å²) in [6, 6.07) is 20.6. The first-order chi connectivity index (χ1) is 15.4. The van der Waals surface area contributed by atoms with Crippen LogP contribution < -0.4 is 29.0 Å². The molecular formula is C22H15ClF3NO6. The minimum Gasteiger partial charge on any atom is -0.508 e. The number of benzene rings is 3. The van der Waals surface area contributed by atoms with Crippen molar-refractivity contribution >= 4 is 16.7 Å². The van der Waals surface area contributed by atoms with E-state index >= 15 is 0 Å².